The van der Waals surface area contributed by atoms with Gasteiger partial charge in [-0.3, -0.25) is 4.79 Å². The number of nitrogens with zero attached hydrogens (tertiary/aromatic N) is 4. The molecule has 0 atom stereocenters. The van der Waals surface area contributed by atoms with E-state index in [1.165, 1.54) is 57.8 Å². The minimum Gasteiger partial charge on any atom is -0.380 e. The highest BCUT2D eigenvalue weighted by molar-refractivity contribution is 5.78. The van der Waals surface area contributed by atoms with Crippen LogP contribution in [0.1, 0.15) is 89.5 Å². The molecular weight excluding hydrogens is 552 g/mol. The number of rotatable bonds is 18. The Bertz CT molecular complexity index is 1100. The summed E-state index contributed by atoms with van der Waals surface area (Å²) in [6, 6.07) is 7.88. The van der Waals surface area contributed by atoms with Gasteiger partial charge >= 0.3 is 0 Å². The standard InChI is InChI=1S/C34H56N8O2/c1-26-11-13-29(14-12-26)25-42(2)34-40-32(37-24-28-9-5-3-6-10-28)39-33(41-34)38-30-17-15-27(16-18-30)23-31(43)36-20-22-44-21-8-4-7-19-35/h15-18,26,28-29H,3-14,19-25,35H2,1-2H3,(H,36,43)(H2,37,38,39,40,41). The number of amides is 1. The van der Waals surface area contributed by atoms with Gasteiger partial charge in [-0.1, -0.05) is 51.2 Å². The van der Waals surface area contributed by atoms with Gasteiger partial charge < -0.3 is 31.3 Å². The van der Waals surface area contributed by atoms with Crippen LogP contribution in [0, 0.1) is 17.8 Å². The molecule has 0 saturated heterocycles. The van der Waals surface area contributed by atoms with Crippen LogP contribution < -0.4 is 26.6 Å². The molecule has 1 heterocycles. The van der Waals surface area contributed by atoms with E-state index < -0.39 is 0 Å². The van der Waals surface area contributed by atoms with Crippen molar-refractivity contribution >= 4 is 29.4 Å². The van der Waals surface area contributed by atoms with Crippen molar-refractivity contribution in [2.75, 3.05) is 62.0 Å². The maximum Gasteiger partial charge on any atom is 0.233 e. The van der Waals surface area contributed by atoms with E-state index in [1.54, 1.807) is 0 Å². The quantitative estimate of drug-likeness (QED) is 0.158. The zero-order valence-corrected chi connectivity index (χ0v) is 27.2. The maximum atomic E-state index is 12.4. The van der Waals surface area contributed by atoms with Crippen molar-refractivity contribution in [3.8, 4) is 0 Å². The Kier molecular flexibility index (Phi) is 14.4. The lowest BCUT2D eigenvalue weighted by Crippen LogP contribution is -2.30. The van der Waals surface area contributed by atoms with Gasteiger partial charge in [0, 0.05) is 39.0 Å². The summed E-state index contributed by atoms with van der Waals surface area (Å²) in [5.74, 6) is 4.02. The molecular formula is C34H56N8O2. The van der Waals surface area contributed by atoms with Crippen LogP contribution in [0.2, 0.25) is 0 Å². The molecule has 2 saturated carbocycles. The number of hydrogen-bond acceptors (Lipinski definition) is 9. The number of nitrogens with two attached hydrogens (primary N) is 1. The SMILES string of the molecule is CC1CCC(CN(C)c2nc(NCC3CCCCC3)nc(Nc3ccc(CC(=O)NCCOCCCCCN)cc3)n2)CC1. The lowest BCUT2D eigenvalue weighted by Gasteiger charge is -2.30. The third-order valence-corrected chi connectivity index (χ3v) is 9.04. The topological polar surface area (TPSA) is 130 Å². The van der Waals surface area contributed by atoms with Gasteiger partial charge in [0.05, 0.1) is 13.0 Å². The minimum absolute atomic E-state index is 0.0105. The number of nitrogens with one attached hydrogen (secondary N) is 3. The molecule has 1 amide bonds. The molecule has 244 valence electrons. The fourth-order valence-electron chi connectivity index (χ4n) is 6.25. The molecule has 2 fully saturated rings. The highest BCUT2D eigenvalue weighted by Gasteiger charge is 2.22. The third kappa shape index (κ3) is 12.2. The van der Waals surface area contributed by atoms with E-state index in [4.69, 9.17) is 25.4 Å². The first-order valence-electron chi connectivity index (χ1n) is 17.1. The van der Waals surface area contributed by atoms with E-state index in [0.717, 1.165) is 56.1 Å². The molecule has 10 nitrogen and oxygen atoms in total. The Hall–Kier alpha value is -2.98. The average molecular weight is 609 g/mol. The van der Waals surface area contributed by atoms with Crippen molar-refractivity contribution in [2.45, 2.75) is 90.4 Å². The van der Waals surface area contributed by atoms with Crippen LogP contribution >= 0.6 is 0 Å². The van der Waals surface area contributed by atoms with Crippen LogP contribution in [0.5, 0.6) is 0 Å². The summed E-state index contributed by atoms with van der Waals surface area (Å²) in [5.41, 5.74) is 7.33. The first-order valence-corrected chi connectivity index (χ1v) is 17.1. The number of unbranched alkanes of at least 4 members (excludes halogenated alkanes) is 2. The van der Waals surface area contributed by atoms with E-state index in [0.29, 0.717) is 55.9 Å². The van der Waals surface area contributed by atoms with Gasteiger partial charge in [0.1, 0.15) is 0 Å². The van der Waals surface area contributed by atoms with Crippen molar-refractivity contribution in [1.82, 2.24) is 20.3 Å². The molecule has 2 aliphatic rings. The molecule has 0 bridgehead atoms. The summed E-state index contributed by atoms with van der Waals surface area (Å²) in [5, 5.41) is 9.85. The molecule has 0 spiro atoms. The smallest absolute Gasteiger partial charge is 0.233 e. The van der Waals surface area contributed by atoms with Gasteiger partial charge in [0.2, 0.25) is 23.8 Å². The van der Waals surface area contributed by atoms with E-state index >= 15 is 0 Å². The lowest BCUT2D eigenvalue weighted by atomic mass is 9.83. The summed E-state index contributed by atoms with van der Waals surface area (Å²) >= 11 is 0. The zero-order chi connectivity index (χ0) is 31.0. The fourth-order valence-corrected chi connectivity index (χ4v) is 6.25. The van der Waals surface area contributed by atoms with Gasteiger partial charge in [-0.05, 0) is 86.9 Å². The second kappa shape index (κ2) is 18.7. The van der Waals surface area contributed by atoms with E-state index in [2.05, 4.69) is 34.8 Å². The average Bonchev–Trinajstić information content (AvgIpc) is 3.04. The Labute approximate surface area is 264 Å². The van der Waals surface area contributed by atoms with Crippen LogP contribution in [-0.2, 0) is 16.0 Å². The predicted octanol–water partition coefficient (Wildman–Crippen LogP) is 5.67. The van der Waals surface area contributed by atoms with E-state index in [1.807, 2.05) is 24.3 Å². The van der Waals surface area contributed by atoms with Gasteiger partial charge in [-0.15, -0.1) is 0 Å². The molecule has 5 N–H and O–H groups in total. The van der Waals surface area contributed by atoms with Crippen molar-refractivity contribution in [3.63, 3.8) is 0 Å². The Balaban J connectivity index is 1.31. The number of carbonyl (C=O) groups is 1. The second-order valence-electron chi connectivity index (χ2n) is 13.0. The molecule has 1 aromatic carbocycles. The van der Waals surface area contributed by atoms with Crippen LogP contribution in [0.4, 0.5) is 23.5 Å². The van der Waals surface area contributed by atoms with Crippen LogP contribution in [-0.4, -0.2) is 67.3 Å². The van der Waals surface area contributed by atoms with Crippen molar-refractivity contribution in [3.05, 3.63) is 29.8 Å². The fraction of sp³-hybridized carbons (Fsp3) is 0.706. The summed E-state index contributed by atoms with van der Waals surface area (Å²) in [4.78, 5) is 29.0. The zero-order valence-electron chi connectivity index (χ0n) is 27.2. The summed E-state index contributed by atoms with van der Waals surface area (Å²) in [6.45, 7) is 6.68. The lowest BCUT2D eigenvalue weighted by molar-refractivity contribution is -0.120. The summed E-state index contributed by atoms with van der Waals surface area (Å²) in [6.07, 6.45) is 15.1. The van der Waals surface area contributed by atoms with Crippen LogP contribution in [0.15, 0.2) is 24.3 Å². The van der Waals surface area contributed by atoms with Crippen molar-refractivity contribution < 1.29 is 9.53 Å². The van der Waals surface area contributed by atoms with Gasteiger partial charge in [0.25, 0.3) is 0 Å². The van der Waals surface area contributed by atoms with Crippen molar-refractivity contribution in [2.24, 2.45) is 23.5 Å². The molecule has 10 heteroatoms. The largest absolute Gasteiger partial charge is 0.380 e. The van der Waals surface area contributed by atoms with E-state index in [-0.39, 0.29) is 5.91 Å². The molecule has 4 rings (SSSR count). The maximum absolute atomic E-state index is 12.4. The van der Waals surface area contributed by atoms with Crippen LogP contribution in [0.3, 0.4) is 0 Å². The summed E-state index contributed by atoms with van der Waals surface area (Å²) in [7, 11) is 2.09. The van der Waals surface area contributed by atoms with Crippen molar-refractivity contribution in [1.29, 1.82) is 0 Å². The highest BCUT2D eigenvalue weighted by Crippen LogP contribution is 2.30. The van der Waals surface area contributed by atoms with Gasteiger partial charge in [-0.2, -0.15) is 15.0 Å². The van der Waals surface area contributed by atoms with Gasteiger partial charge in [0.15, 0.2) is 0 Å². The van der Waals surface area contributed by atoms with E-state index in [9.17, 15) is 4.79 Å². The van der Waals surface area contributed by atoms with Crippen LogP contribution in [0.25, 0.3) is 0 Å². The molecule has 44 heavy (non-hydrogen) atoms. The molecule has 1 aromatic heterocycles. The minimum atomic E-state index is -0.0105. The molecule has 2 aliphatic carbocycles. The van der Waals surface area contributed by atoms with Gasteiger partial charge in [-0.25, -0.2) is 0 Å². The number of ether oxygens (including phenoxy) is 1. The molecule has 0 radical (unpaired) electrons. The number of aromatic nitrogens is 3. The summed E-state index contributed by atoms with van der Waals surface area (Å²) < 4.78 is 5.58. The third-order valence-electron chi connectivity index (χ3n) is 9.04. The number of hydrogen-bond donors (Lipinski definition) is 4. The first-order chi connectivity index (χ1) is 21.5. The first kappa shape index (κ1) is 33.9. The highest BCUT2D eigenvalue weighted by atomic mass is 16.5. The number of anilines is 4. The normalized spacial score (nSPS) is 19.0. The Morgan fingerprint density at radius 2 is 1.66 bits per heavy atom. The molecule has 0 aliphatic heterocycles. The second-order valence-corrected chi connectivity index (χ2v) is 13.0. The molecule has 0 unspecified atom stereocenters. The predicted molar refractivity (Wildman–Crippen MR) is 179 cm³/mol. The monoisotopic (exact) mass is 608 g/mol. The number of benzene rings is 1. The Morgan fingerprint density at radius 1 is 0.909 bits per heavy atom. The Morgan fingerprint density at radius 3 is 2.41 bits per heavy atom. The number of carbonyl (C=O) groups excluding carboxylic acids is 1. The molecule has 2 aromatic rings.